The first-order valence-electron chi connectivity index (χ1n) is 11.9. The van der Waals surface area contributed by atoms with E-state index in [2.05, 4.69) is 15.5 Å². The van der Waals surface area contributed by atoms with Gasteiger partial charge in [-0.05, 0) is 54.1 Å². The highest BCUT2D eigenvalue weighted by molar-refractivity contribution is 7.89. The predicted octanol–water partition coefficient (Wildman–Crippen LogP) is 6.06. The first-order chi connectivity index (χ1) is 18.5. The molecule has 0 saturated heterocycles. The van der Waals surface area contributed by atoms with E-state index in [0.717, 1.165) is 9.87 Å². The number of nitrogens with one attached hydrogen (secondary N) is 1. The molecule has 0 radical (unpaired) electrons. The number of rotatable bonds is 10. The molecule has 1 aromatic heterocycles. The number of hydrogen-bond donors (Lipinski definition) is 1. The summed E-state index contributed by atoms with van der Waals surface area (Å²) >= 11 is 12.1. The van der Waals surface area contributed by atoms with Crippen LogP contribution in [0.3, 0.4) is 0 Å². The lowest BCUT2D eigenvalue weighted by molar-refractivity contribution is -0.116. The maximum Gasteiger partial charge on any atom is 0.243 e. The summed E-state index contributed by atoms with van der Waals surface area (Å²) in [5.41, 5.74) is 1.30. The van der Waals surface area contributed by atoms with E-state index in [1.807, 2.05) is 13.8 Å². The minimum absolute atomic E-state index is 0.0454. The molecule has 4 aromatic rings. The average molecular weight is 591 g/mol. The van der Waals surface area contributed by atoms with Crippen LogP contribution in [0.5, 0.6) is 0 Å². The maximum absolute atomic E-state index is 14.5. The molecule has 0 aliphatic heterocycles. The number of carbonyl (C=O) groups excluding carboxylic acids is 1. The van der Waals surface area contributed by atoms with Crippen molar-refractivity contribution >= 4 is 44.8 Å². The summed E-state index contributed by atoms with van der Waals surface area (Å²) in [4.78, 5) is 17.2. The molecule has 0 unspecified atom stereocenters. The highest BCUT2D eigenvalue weighted by Crippen LogP contribution is 2.25. The van der Waals surface area contributed by atoms with Gasteiger partial charge in [0.05, 0.1) is 11.4 Å². The summed E-state index contributed by atoms with van der Waals surface area (Å²) in [6, 6.07) is 16.5. The fourth-order valence-electron chi connectivity index (χ4n) is 3.66. The Balaban J connectivity index is 1.50. The SMILES string of the molecule is CC(C)c1nc(Cc2ccc(NC(=O)CN(Cc3c(F)cccc3Cl)S(=O)(=O)c3ccc(Cl)cc3)cc2)no1. The van der Waals surface area contributed by atoms with Gasteiger partial charge in [0.1, 0.15) is 5.82 Å². The molecule has 1 N–H and O–H groups in total. The summed E-state index contributed by atoms with van der Waals surface area (Å²) in [6.45, 7) is 2.88. The van der Waals surface area contributed by atoms with Crippen LogP contribution < -0.4 is 5.32 Å². The van der Waals surface area contributed by atoms with Crippen LogP contribution in [0.15, 0.2) is 76.1 Å². The van der Waals surface area contributed by atoms with Gasteiger partial charge in [0.2, 0.25) is 21.8 Å². The van der Waals surface area contributed by atoms with Crippen molar-refractivity contribution in [2.45, 2.75) is 37.6 Å². The molecule has 0 fully saturated rings. The van der Waals surface area contributed by atoms with Crippen LogP contribution in [-0.2, 0) is 27.8 Å². The number of amides is 1. The molecule has 39 heavy (non-hydrogen) atoms. The molecule has 0 saturated carbocycles. The topological polar surface area (TPSA) is 105 Å². The summed E-state index contributed by atoms with van der Waals surface area (Å²) in [5, 5.41) is 7.05. The molecule has 4 rings (SSSR count). The van der Waals surface area contributed by atoms with Gasteiger partial charge in [-0.25, -0.2) is 12.8 Å². The van der Waals surface area contributed by atoms with Gasteiger partial charge in [0, 0.05) is 40.2 Å². The van der Waals surface area contributed by atoms with Gasteiger partial charge in [0.15, 0.2) is 5.82 Å². The monoisotopic (exact) mass is 590 g/mol. The van der Waals surface area contributed by atoms with E-state index in [-0.39, 0.29) is 21.4 Å². The maximum atomic E-state index is 14.5. The number of aromatic nitrogens is 2. The van der Waals surface area contributed by atoms with Gasteiger partial charge >= 0.3 is 0 Å². The zero-order valence-electron chi connectivity index (χ0n) is 21.1. The Hall–Kier alpha value is -3.31. The molecule has 0 aliphatic carbocycles. The number of sulfonamides is 1. The lowest BCUT2D eigenvalue weighted by Crippen LogP contribution is -2.37. The largest absolute Gasteiger partial charge is 0.339 e. The third-order valence-corrected chi connectivity index (χ3v) is 8.16. The Morgan fingerprint density at radius 3 is 2.36 bits per heavy atom. The van der Waals surface area contributed by atoms with E-state index >= 15 is 0 Å². The van der Waals surface area contributed by atoms with Crippen LogP contribution in [0.2, 0.25) is 10.0 Å². The second-order valence-electron chi connectivity index (χ2n) is 9.05. The number of nitrogens with zero attached hydrogens (tertiary/aromatic N) is 3. The number of carbonyl (C=O) groups is 1. The van der Waals surface area contributed by atoms with Gasteiger partial charge in [-0.2, -0.15) is 9.29 Å². The Labute approximate surface area is 235 Å². The fourth-order valence-corrected chi connectivity index (χ4v) is 5.38. The van der Waals surface area contributed by atoms with Crippen LogP contribution in [0, 0.1) is 5.82 Å². The van der Waals surface area contributed by atoms with Crippen LogP contribution >= 0.6 is 23.2 Å². The smallest absolute Gasteiger partial charge is 0.243 e. The van der Waals surface area contributed by atoms with Crippen molar-refractivity contribution in [3.05, 3.63) is 105 Å². The second-order valence-corrected chi connectivity index (χ2v) is 11.8. The molecule has 0 spiro atoms. The Morgan fingerprint density at radius 1 is 1.05 bits per heavy atom. The normalized spacial score (nSPS) is 11.8. The molecule has 1 heterocycles. The molecular formula is C27H25Cl2FN4O4S. The highest BCUT2D eigenvalue weighted by atomic mass is 35.5. The lowest BCUT2D eigenvalue weighted by atomic mass is 10.1. The van der Waals surface area contributed by atoms with Crippen LogP contribution in [0.4, 0.5) is 10.1 Å². The Kier molecular flexibility index (Phi) is 9.01. The minimum Gasteiger partial charge on any atom is -0.339 e. The predicted molar refractivity (Wildman–Crippen MR) is 147 cm³/mol. The number of halogens is 3. The molecule has 3 aromatic carbocycles. The quantitative estimate of drug-likeness (QED) is 0.241. The van der Waals surface area contributed by atoms with Crippen LogP contribution in [0.1, 0.15) is 42.6 Å². The van der Waals surface area contributed by atoms with E-state index in [1.165, 1.54) is 42.5 Å². The summed E-state index contributed by atoms with van der Waals surface area (Å²) in [5.74, 6) is -0.0697. The minimum atomic E-state index is -4.22. The van der Waals surface area contributed by atoms with Crippen LogP contribution in [0.25, 0.3) is 0 Å². The molecule has 0 atom stereocenters. The third-order valence-electron chi connectivity index (χ3n) is 5.75. The first-order valence-corrected chi connectivity index (χ1v) is 14.1. The van der Waals surface area contributed by atoms with Crippen molar-refractivity contribution in [1.82, 2.24) is 14.4 Å². The zero-order chi connectivity index (χ0) is 28.2. The third kappa shape index (κ3) is 7.21. The average Bonchev–Trinajstić information content (AvgIpc) is 3.36. The van der Waals surface area contributed by atoms with E-state index in [0.29, 0.717) is 28.8 Å². The molecular weight excluding hydrogens is 566 g/mol. The number of benzene rings is 3. The van der Waals surface area contributed by atoms with E-state index in [4.69, 9.17) is 27.7 Å². The van der Waals surface area contributed by atoms with Crippen molar-refractivity contribution in [3.8, 4) is 0 Å². The van der Waals surface area contributed by atoms with Gasteiger partial charge in [-0.15, -0.1) is 0 Å². The zero-order valence-corrected chi connectivity index (χ0v) is 23.4. The summed E-state index contributed by atoms with van der Waals surface area (Å²) in [6.07, 6.45) is 0.445. The van der Waals surface area contributed by atoms with E-state index in [1.54, 1.807) is 24.3 Å². The van der Waals surface area contributed by atoms with E-state index in [9.17, 15) is 17.6 Å². The molecule has 8 nitrogen and oxygen atoms in total. The van der Waals surface area contributed by atoms with Crippen LogP contribution in [-0.4, -0.2) is 35.3 Å². The van der Waals surface area contributed by atoms with Gasteiger partial charge in [-0.1, -0.05) is 60.4 Å². The second kappa shape index (κ2) is 12.3. The van der Waals surface area contributed by atoms with Crippen molar-refractivity contribution in [1.29, 1.82) is 0 Å². The summed E-state index contributed by atoms with van der Waals surface area (Å²) in [7, 11) is -4.22. The van der Waals surface area contributed by atoms with Crippen molar-refractivity contribution in [2.75, 3.05) is 11.9 Å². The van der Waals surface area contributed by atoms with Crippen molar-refractivity contribution < 1.29 is 22.1 Å². The van der Waals surface area contributed by atoms with Gasteiger partial charge in [0.25, 0.3) is 0 Å². The highest BCUT2D eigenvalue weighted by Gasteiger charge is 2.28. The van der Waals surface area contributed by atoms with Crippen molar-refractivity contribution in [3.63, 3.8) is 0 Å². The summed E-state index contributed by atoms with van der Waals surface area (Å²) < 4.78 is 47.5. The van der Waals surface area contributed by atoms with E-state index < -0.39 is 34.8 Å². The molecule has 0 aliphatic rings. The van der Waals surface area contributed by atoms with Gasteiger partial charge in [-0.3, -0.25) is 4.79 Å². The Bertz CT molecular complexity index is 1540. The Morgan fingerprint density at radius 2 is 1.74 bits per heavy atom. The fraction of sp³-hybridized carbons (Fsp3) is 0.222. The number of anilines is 1. The first kappa shape index (κ1) is 28.7. The standard InChI is InChI=1S/C27H25Cl2FN4O4S/c1-17(2)27-32-25(33-38-27)14-18-6-10-20(11-7-18)31-26(35)16-34(15-22-23(29)4-3-5-24(22)30)39(36,37)21-12-8-19(28)9-13-21/h3-13,17H,14-16H2,1-2H3,(H,31,35). The molecule has 0 bridgehead atoms. The molecule has 12 heteroatoms. The van der Waals surface area contributed by atoms with Gasteiger partial charge < -0.3 is 9.84 Å². The molecule has 204 valence electrons. The van der Waals surface area contributed by atoms with Crippen molar-refractivity contribution in [2.24, 2.45) is 0 Å². The molecule has 1 amide bonds. The lowest BCUT2D eigenvalue weighted by Gasteiger charge is -2.23. The number of hydrogen-bond acceptors (Lipinski definition) is 6.